The number of carbonyl (C=O) groups excluding carboxylic acids is 3. The van der Waals surface area contributed by atoms with Crippen LogP contribution in [0.2, 0.25) is 0 Å². The highest BCUT2D eigenvalue weighted by molar-refractivity contribution is 6.10. The van der Waals surface area contributed by atoms with E-state index in [4.69, 9.17) is 0 Å². The van der Waals surface area contributed by atoms with Crippen molar-refractivity contribution in [3.63, 3.8) is 0 Å². The molecule has 0 aromatic carbocycles. The molecule has 3 aliphatic rings. The third-order valence-corrected chi connectivity index (χ3v) is 6.76. The zero-order chi connectivity index (χ0) is 25.2. The lowest BCUT2D eigenvalue weighted by atomic mass is 9.86. The van der Waals surface area contributed by atoms with Gasteiger partial charge in [0.05, 0.1) is 12.1 Å². The van der Waals surface area contributed by atoms with Crippen molar-refractivity contribution < 1.29 is 14.4 Å². The summed E-state index contributed by atoms with van der Waals surface area (Å²) in [6.07, 6.45) is 13.4. The Bertz CT molecular complexity index is 1070. The number of amides is 3. The zero-order valence-electron chi connectivity index (χ0n) is 21.0. The van der Waals surface area contributed by atoms with Crippen molar-refractivity contribution in [3.8, 4) is 0 Å². The lowest BCUT2D eigenvalue weighted by Gasteiger charge is -2.48. The Morgan fingerprint density at radius 2 is 1.91 bits per heavy atom. The Labute approximate surface area is 207 Å². The van der Waals surface area contributed by atoms with Crippen molar-refractivity contribution in [1.82, 2.24) is 20.1 Å². The smallest absolute Gasteiger partial charge is 0.250 e. The minimum atomic E-state index is -1.21. The van der Waals surface area contributed by atoms with Crippen LogP contribution in [0.1, 0.15) is 78.0 Å². The molecule has 186 valence electrons. The molecule has 1 N–H and O–H groups in total. The number of rotatable bonds is 5. The van der Waals surface area contributed by atoms with E-state index in [0.29, 0.717) is 11.5 Å². The first-order valence-electron chi connectivity index (χ1n) is 12.4. The Balaban J connectivity index is 1.82. The van der Waals surface area contributed by atoms with Gasteiger partial charge in [0.15, 0.2) is 6.04 Å². The molecule has 1 aliphatic carbocycles. The summed E-state index contributed by atoms with van der Waals surface area (Å²) in [5.41, 5.74) is -1.18. The lowest BCUT2D eigenvalue weighted by Crippen LogP contribution is -2.64. The standard InChI is InChI=1S/C27H35N5O3/c1-26(2,3)30-24(34)23(20-14-8-10-16-28-20)32(19-12-6-5-7-13-19)25(35)27(4)18-22(33)29-21-15-9-11-17-31(21)27/h8-11,14-17,19,23H,5-7,12-13,18H2,1-4H3,(H,30,34)/t23-,27-/m0/s1. The van der Waals surface area contributed by atoms with Gasteiger partial charge in [0.1, 0.15) is 11.4 Å². The van der Waals surface area contributed by atoms with Crippen LogP contribution in [0, 0.1) is 0 Å². The van der Waals surface area contributed by atoms with E-state index in [1.165, 1.54) is 0 Å². The molecular weight excluding hydrogens is 442 g/mol. The molecule has 2 atom stereocenters. The van der Waals surface area contributed by atoms with Gasteiger partial charge >= 0.3 is 0 Å². The number of nitrogens with one attached hydrogen (secondary N) is 1. The van der Waals surface area contributed by atoms with Crippen molar-refractivity contribution >= 4 is 23.6 Å². The molecule has 1 saturated carbocycles. The highest BCUT2D eigenvalue weighted by Crippen LogP contribution is 2.37. The summed E-state index contributed by atoms with van der Waals surface area (Å²) in [6, 6.07) is 4.37. The van der Waals surface area contributed by atoms with Gasteiger partial charge < -0.3 is 15.1 Å². The molecule has 3 amide bonds. The predicted octanol–water partition coefficient (Wildman–Crippen LogP) is 3.67. The van der Waals surface area contributed by atoms with Gasteiger partial charge in [0.25, 0.3) is 5.91 Å². The largest absolute Gasteiger partial charge is 0.349 e. The molecule has 0 spiro atoms. The van der Waals surface area contributed by atoms with Crippen LogP contribution in [-0.4, -0.2) is 55.5 Å². The van der Waals surface area contributed by atoms with Gasteiger partial charge in [-0.3, -0.25) is 19.4 Å². The molecule has 8 nitrogen and oxygen atoms in total. The SMILES string of the molecule is CC(C)(C)NC(=O)[C@H](c1ccccn1)N(C(=O)[C@]1(C)CC(=O)N=C2C=CC=CN21)C1CCCCC1. The molecular formula is C27H35N5O3. The second-order valence-corrected chi connectivity index (χ2v) is 10.8. The fourth-order valence-electron chi connectivity index (χ4n) is 5.18. The zero-order valence-corrected chi connectivity index (χ0v) is 21.0. The molecule has 0 radical (unpaired) electrons. The van der Waals surface area contributed by atoms with Crippen molar-refractivity contribution in [2.45, 2.75) is 89.4 Å². The van der Waals surface area contributed by atoms with Crippen LogP contribution in [0.5, 0.6) is 0 Å². The third-order valence-electron chi connectivity index (χ3n) is 6.76. The molecule has 35 heavy (non-hydrogen) atoms. The summed E-state index contributed by atoms with van der Waals surface area (Å²) in [6.45, 7) is 7.53. The fourth-order valence-corrected chi connectivity index (χ4v) is 5.18. The minimum Gasteiger partial charge on any atom is -0.349 e. The molecule has 2 aliphatic heterocycles. The molecule has 1 fully saturated rings. The minimum absolute atomic E-state index is 0.0629. The van der Waals surface area contributed by atoms with Gasteiger partial charge in [-0.15, -0.1) is 0 Å². The molecule has 3 heterocycles. The number of carbonyl (C=O) groups is 3. The molecule has 1 aromatic rings. The van der Waals surface area contributed by atoms with E-state index in [-0.39, 0.29) is 30.2 Å². The van der Waals surface area contributed by atoms with Crippen LogP contribution >= 0.6 is 0 Å². The van der Waals surface area contributed by atoms with Crippen LogP contribution in [0.3, 0.4) is 0 Å². The molecule has 0 unspecified atom stereocenters. The number of allylic oxidation sites excluding steroid dienone is 2. The first-order chi connectivity index (χ1) is 16.6. The number of fused-ring (bicyclic) bond motifs is 1. The molecule has 4 rings (SSSR count). The van der Waals surface area contributed by atoms with Crippen LogP contribution in [-0.2, 0) is 14.4 Å². The van der Waals surface area contributed by atoms with E-state index in [1.807, 2.05) is 32.9 Å². The number of aliphatic imine (C=N–C) groups is 1. The van der Waals surface area contributed by atoms with Gasteiger partial charge in [-0.2, -0.15) is 4.99 Å². The summed E-state index contributed by atoms with van der Waals surface area (Å²) in [5.74, 6) is -0.436. The summed E-state index contributed by atoms with van der Waals surface area (Å²) in [7, 11) is 0. The quantitative estimate of drug-likeness (QED) is 0.698. The van der Waals surface area contributed by atoms with Gasteiger partial charge in [-0.1, -0.05) is 31.4 Å². The molecule has 0 bridgehead atoms. The highest BCUT2D eigenvalue weighted by Gasteiger charge is 2.51. The van der Waals surface area contributed by atoms with Crippen molar-refractivity contribution in [2.75, 3.05) is 0 Å². The van der Waals surface area contributed by atoms with Crippen LogP contribution in [0.4, 0.5) is 0 Å². The summed E-state index contributed by atoms with van der Waals surface area (Å²) >= 11 is 0. The number of pyridine rings is 1. The van der Waals surface area contributed by atoms with Gasteiger partial charge in [-0.25, -0.2) is 0 Å². The van der Waals surface area contributed by atoms with E-state index < -0.39 is 17.1 Å². The number of nitrogens with zero attached hydrogens (tertiary/aromatic N) is 4. The van der Waals surface area contributed by atoms with Crippen molar-refractivity contribution in [3.05, 3.63) is 54.5 Å². The molecule has 0 saturated heterocycles. The third kappa shape index (κ3) is 5.21. The highest BCUT2D eigenvalue weighted by atomic mass is 16.2. The van der Waals surface area contributed by atoms with Gasteiger partial charge in [0, 0.05) is 24.0 Å². The van der Waals surface area contributed by atoms with Crippen LogP contribution in [0.15, 0.2) is 53.8 Å². The Kier molecular flexibility index (Phi) is 6.92. The Hall–Kier alpha value is -3.29. The van der Waals surface area contributed by atoms with E-state index in [0.717, 1.165) is 32.1 Å². The number of aromatic nitrogens is 1. The van der Waals surface area contributed by atoms with Crippen molar-refractivity contribution in [1.29, 1.82) is 0 Å². The second kappa shape index (κ2) is 9.76. The molecule has 8 heteroatoms. The average Bonchev–Trinajstić information content (AvgIpc) is 2.82. The number of hydrogen-bond donors (Lipinski definition) is 1. The average molecular weight is 478 g/mol. The predicted molar refractivity (Wildman–Crippen MR) is 134 cm³/mol. The van der Waals surface area contributed by atoms with E-state index >= 15 is 0 Å². The maximum absolute atomic E-state index is 14.6. The van der Waals surface area contributed by atoms with Gasteiger partial charge in [-0.05, 0) is 64.8 Å². The molecule has 1 aromatic heterocycles. The first-order valence-corrected chi connectivity index (χ1v) is 12.4. The van der Waals surface area contributed by atoms with Crippen LogP contribution < -0.4 is 5.32 Å². The maximum atomic E-state index is 14.6. The summed E-state index contributed by atoms with van der Waals surface area (Å²) in [5, 5.41) is 3.07. The summed E-state index contributed by atoms with van der Waals surface area (Å²) < 4.78 is 0. The first kappa shape index (κ1) is 24.8. The van der Waals surface area contributed by atoms with E-state index in [1.54, 1.807) is 53.4 Å². The number of hydrogen-bond acceptors (Lipinski definition) is 5. The monoisotopic (exact) mass is 477 g/mol. The lowest BCUT2D eigenvalue weighted by molar-refractivity contribution is -0.154. The van der Waals surface area contributed by atoms with Crippen molar-refractivity contribution in [2.24, 2.45) is 4.99 Å². The Morgan fingerprint density at radius 3 is 2.57 bits per heavy atom. The van der Waals surface area contributed by atoms with E-state index in [2.05, 4.69) is 15.3 Å². The fraction of sp³-hybridized carbons (Fsp3) is 0.519. The Morgan fingerprint density at radius 1 is 1.17 bits per heavy atom. The normalized spacial score (nSPS) is 23.4. The second-order valence-electron chi connectivity index (χ2n) is 10.8. The topological polar surface area (TPSA) is 95.0 Å². The van der Waals surface area contributed by atoms with E-state index in [9.17, 15) is 14.4 Å². The summed E-state index contributed by atoms with van der Waals surface area (Å²) in [4.78, 5) is 53.2. The maximum Gasteiger partial charge on any atom is 0.250 e. The van der Waals surface area contributed by atoms with Crippen LogP contribution in [0.25, 0.3) is 0 Å². The van der Waals surface area contributed by atoms with Gasteiger partial charge in [0.2, 0.25) is 11.8 Å². The number of amidine groups is 1.